The second-order valence-corrected chi connectivity index (χ2v) is 4.83. The molecule has 2 rings (SSSR count). The van der Waals surface area contributed by atoms with Gasteiger partial charge in [-0.05, 0) is 0 Å². The molecule has 2 heterocycles. The van der Waals surface area contributed by atoms with Gasteiger partial charge in [-0.15, -0.1) is 0 Å². The Balaban J connectivity index is 1.66. The number of hydrogen-bond donors (Lipinski definition) is 1. The van der Waals surface area contributed by atoms with E-state index in [-0.39, 0.29) is 24.9 Å². The lowest BCUT2D eigenvalue weighted by molar-refractivity contribution is -0.192. The fraction of sp³-hybridized carbons (Fsp3) is 0.800. The zero-order valence-electron chi connectivity index (χ0n) is 9.48. The molecule has 0 saturated carbocycles. The Bertz CT molecular complexity index is 360. The standard InChI is InChI=1S/C10H13F3N2O3/c11-10(12,13)9(18)15-2-6(3-15)1-14-4-7(5-14)8(16)17/h6-7H,1-5H2,(H,16,17). The zero-order valence-corrected chi connectivity index (χ0v) is 9.48. The van der Waals surface area contributed by atoms with Crippen LogP contribution in [0.4, 0.5) is 13.2 Å². The van der Waals surface area contributed by atoms with E-state index in [1.807, 2.05) is 4.90 Å². The molecule has 2 fully saturated rings. The first kappa shape index (κ1) is 13.1. The van der Waals surface area contributed by atoms with E-state index in [0.717, 1.165) is 4.90 Å². The van der Waals surface area contributed by atoms with Gasteiger partial charge < -0.3 is 14.9 Å². The van der Waals surface area contributed by atoms with E-state index < -0.39 is 18.1 Å². The van der Waals surface area contributed by atoms with Crippen molar-refractivity contribution in [3.63, 3.8) is 0 Å². The minimum absolute atomic E-state index is 0.0195. The van der Waals surface area contributed by atoms with E-state index in [2.05, 4.69) is 0 Å². The van der Waals surface area contributed by atoms with E-state index in [1.54, 1.807) is 0 Å². The molecule has 0 aromatic carbocycles. The Hall–Kier alpha value is -1.31. The molecule has 0 aliphatic carbocycles. The van der Waals surface area contributed by atoms with Crippen LogP contribution in [0.5, 0.6) is 0 Å². The highest BCUT2D eigenvalue weighted by Crippen LogP contribution is 2.27. The molecule has 2 aliphatic heterocycles. The van der Waals surface area contributed by atoms with E-state index in [1.165, 1.54) is 0 Å². The second kappa shape index (κ2) is 4.42. The summed E-state index contributed by atoms with van der Waals surface area (Å²) in [6.45, 7) is 1.66. The lowest BCUT2D eigenvalue weighted by Gasteiger charge is -2.45. The van der Waals surface area contributed by atoms with E-state index in [4.69, 9.17) is 5.11 Å². The van der Waals surface area contributed by atoms with Gasteiger partial charge in [0.05, 0.1) is 5.92 Å². The largest absolute Gasteiger partial charge is 0.481 e. The summed E-state index contributed by atoms with van der Waals surface area (Å²) in [6, 6.07) is 0. The highest BCUT2D eigenvalue weighted by atomic mass is 19.4. The Morgan fingerprint density at radius 1 is 1.17 bits per heavy atom. The molecule has 0 radical (unpaired) electrons. The maximum atomic E-state index is 12.1. The number of rotatable bonds is 3. The molecule has 2 saturated heterocycles. The van der Waals surface area contributed by atoms with Gasteiger partial charge >= 0.3 is 18.1 Å². The van der Waals surface area contributed by atoms with Crippen LogP contribution in [0.2, 0.25) is 0 Å². The van der Waals surface area contributed by atoms with Crippen LogP contribution in [0, 0.1) is 11.8 Å². The Morgan fingerprint density at radius 3 is 2.17 bits per heavy atom. The third-order valence-electron chi connectivity index (χ3n) is 3.31. The molecule has 0 atom stereocenters. The number of hydrogen-bond acceptors (Lipinski definition) is 3. The second-order valence-electron chi connectivity index (χ2n) is 4.83. The number of carboxylic acids is 1. The third-order valence-corrected chi connectivity index (χ3v) is 3.31. The molecular weight excluding hydrogens is 253 g/mol. The van der Waals surface area contributed by atoms with Gasteiger partial charge in [0, 0.05) is 38.6 Å². The molecule has 2 aliphatic rings. The highest BCUT2D eigenvalue weighted by Gasteiger charge is 2.47. The molecule has 0 spiro atoms. The number of amides is 1. The molecule has 1 N–H and O–H groups in total. The average molecular weight is 266 g/mol. The van der Waals surface area contributed by atoms with Crippen LogP contribution in [0.3, 0.4) is 0 Å². The van der Waals surface area contributed by atoms with E-state index in [9.17, 15) is 22.8 Å². The summed E-state index contributed by atoms with van der Waals surface area (Å²) < 4.78 is 36.2. The van der Waals surface area contributed by atoms with Gasteiger partial charge in [-0.3, -0.25) is 9.59 Å². The Morgan fingerprint density at radius 2 is 1.72 bits per heavy atom. The molecule has 0 unspecified atom stereocenters. The number of halogens is 3. The summed E-state index contributed by atoms with van der Waals surface area (Å²) in [4.78, 5) is 24.0. The normalized spacial score (nSPS) is 22.5. The SMILES string of the molecule is O=C(O)C1CN(CC2CN(C(=O)C(F)(F)F)C2)C1. The van der Waals surface area contributed by atoms with Crippen molar-refractivity contribution >= 4 is 11.9 Å². The zero-order chi connectivity index (χ0) is 13.5. The number of aliphatic carboxylic acids is 1. The predicted molar refractivity (Wildman–Crippen MR) is 53.7 cm³/mol. The molecule has 1 amide bonds. The minimum atomic E-state index is -4.80. The number of carbonyl (C=O) groups excluding carboxylic acids is 1. The van der Waals surface area contributed by atoms with Crippen molar-refractivity contribution in [3.05, 3.63) is 0 Å². The van der Waals surface area contributed by atoms with Crippen LogP contribution < -0.4 is 0 Å². The number of alkyl halides is 3. The van der Waals surface area contributed by atoms with Crippen LogP contribution in [-0.2, 0) is 9.59 Å². The van der Waals surface area contributed by atoms with Crippen molar-refractivity contribution in [2.24, 2.45) is 11.8 Å². The number of nitrogens with zero attached hydrogens (tertiary/aromatic N) is 2. The first-order chi connectivity index (χ1) is 8.27. The van der Waals surface area contributed by atoms with Crippen molar-refractivity contribution in [2.45, 2.75) is 6.18 Å². The highest BCUT2D eigenvalue weighted by molar-refractivity contribution is 5.82. The van der Waals surface area contributed by atoms with Crippen LogP contribution >= 0.6 is 0 Å². The lowest BCUT2D eigenvalue weighted by Crippen LogP contribution is -2.60. The molecule has 8 heteroatoms. The van der Waals surface area contributed by atoms with Gasteiger partial charge in [0.1, 0.15) is 0 Å². The van der Waals surface area contributed by atoms with Crippen molar-refractivity contribution in [2.75, 3.05) is 32.7 Å². The van der Waals surface area contributed by atoms with Crippen molar-refractivity contribution in [1.82, 2.24) is 9.80 Å². The van der Waals surface area contributed by atoms with Gasteiger partial charge in [0.15, 0.2) is 0 Å². The summed E-state index contributed by atoms with van der Waals surface area (Å²) in [7, 11) is 0. The first-order valence-electron chi connectivity index (χ1n) is 5.58. The van der Waals surface area contributed by atoms with E-state index >= 15 is 0 Å². The van der Waals surface area contributed by atoms with Crippen molar-refractivity contribution in [1.29, 1.82) is 0 Å². The van der Waals surface area contributed by atoms with E-state index in [0.29, 0.717) is 19.6 Å². The maximum Gasteiger partial charge on any atom is 0.471 e. The van der Waals surface area contributed by atoms with Gasteiger partial charge in [0.25, 0.3) is 0 Å². The van der Waals surface area contributed by atoms with Crippen LogP contribution in [0.1, 0.15) is 0 Å². The van der Waals surface area contributed by atoms with Crippen LogP contribution in [0.15, 0.2) is 0 Å². The van der Waals surface area contributed by atoms with Gasteiger partial charge in [-0.1, -0.05) is 0 Å². The lowest BCUT2D eigenvalue weighted by atomic mass is 9.94. The number of likely N-dealkylation sites (tertiary alicyclic amines) is 2. The minimum Gasteiger partial charge on any atom is -0.481 e. The molecule has 0 aromatic heterocycles. The van der Waals surface area contributed by atoms with Gasteiger partial charge in [-0.25, -0.2) is 0 Å². The molecule has 0 aromatic rings. The van der Waals surface area contributed by atoms with Crippen LogP contribution in [0.25, 0.3) is 0 Å². The molecular formula is C10H13F3N2O3. The fourth-order valence-electron chi connectivity index (χ4n) is 2.27. The van der Waals surface area contributed by atoms with Gasteiger partial charge in [-0.2, -0.15) is 13.2 Å². The summed E-state index contributed by atoms with van der Waals surface area (Å²) in [5.74, 6) is -2.97. The quantitative estimate of drug-likeness (QED) is 0.782. The number of carbonyl (C=O) groups is 2. The smallest absolute Gasteiger partial charge is 0.471 e. The summed E-state index contributed by atoms with van der Waals surface area (Å²) >= 11 is 0. The van der Waals surface area contributed by atoms with Crippen molar-refractivity contribution in [3.8, 4) is 0 Å². The first-order valence-corrected chi connectivity index (χ1v) is 5.58. The monoisotopic (exact) mass is 266 g/mol. The summed E-state index contributed by atoms with van der Waals surface area (Å²) in [5, 5.41) is 8.66. The molecule has 18 heavy (non-hydrogen) atoms. The maximum absolute atomic E-state index is 12.1. The Kier molecular flexibility index (Phi) is 3.22. The Labute approximate surface area is 101 Å². The number of carboxylic acid groups (broad SMARTS) is 1. The fourth-order valence-corrected chi connectivity index (χ4v) is 2.27. The topological polar surface area (TPSA) is 60.9 Å². The van der Waals surface area contributed by atoms with Crippen molar-refractivity contribution < 1.29 is 27.9 Å². The average Bonchev–Trinajstić information content (AvgIpc) is 2.09. The molecule has 102 valence electrons. The summed E-state index contributed by atoms with van der Waals surface area (Å²) in [6.07, 6.45) is -4.80. The molecule has 5 nitrogen and oxygen atoms in total. The predicted octanol–water partition coefficient (Wildman–Crippen LogP) is 0.0235. The third kappa shape index (κ3) is 2.58. The summed E-state index contributed by atoms with van der Waals surface area (Å²) in [5.41, 5.74) is 0. The molecule has 0 bridgehead atoms. The van der Waals surface area contributed by atoms with Crippen LogP contribution in [-0.4, -0.2) is 65.7 Å². The van der Waals surface area contributed by atoms with Gasteiger partial charge in [0.2, 0.25) is 0 Å².